The summed E-state index contributed by atoms with van der Waals surface area (Å²) in [5.41, 5.74) is 7.13. The highest BCUT2D eigenvalue weighted by Gasteiger charge is 2.22. The van der Waals surface area contributed by atoms with Crippen LogP contribution in [0, 0.1) is 5.92 Å². The summed E-state index contributed by atoms with van der Waals surface area (Å²) in [6, 6.07) is 7.29. The van der Waals surface area contributed by atoms with Gasteiger partial charge < -0.3 is 11.1 Å². The number of hydrogen-bond donors (Lipinski definition) is 2. The van der Waals surface area contributed by atoms with Gasteiger partial charge in [-0.15, -0.1) is 0 Å². The molecule has 1 fully saturated rings. The van der Waals surface area contributed by atoms with Gasteiger partial charge in [0.2, 0.25) is 5.91 Å². The number of hydrogen-bond acceptors (Lipinski definition) is 3. The molecule has 0 aromatic heterocycles. The van der Waals surface area contributed by atoms with E-state index in [1.54, 1.807) is 0 Å². The molecule has 1 aromatic rings. The Morgan fingerprint density at radius 2 is 2.15 bits per heavy atom. The number of anilines is 1. The number of nitrogens with two attached hydrogens (primary N) is 1. The number of benzene rings is 1. The van der Waals surface area contributed by atoms with E-state index in [0.717, 1.165) is 30.3 Å². The van der Waals surface area contributed by atoms with E-state index in [-0.39, 0.29) is 5.91 Å². The summed E-state index contributed by atoms with van der Waals surface area (Å²) in [6.45, 7) is 4.72. The van der Waals surface area contributed by atoms with Gasteiger partial charge in [0.25, 0.3) is 0 Å². The fourth-order valence-corrected chi connectivity index (χ4v) is 2.65. The molecular weight excluding hydrogens is 270 g/mol. The first-order valence-corrected chi connectivity index (χ1v) is 7.41. The van der Waals surface area contributed by atoms with Gasteiger partial charge in [-0.2, -0.15) is 0 Å². The quantitative estimate of drug-likeness (QED) is 0.815. The van der Waals surface area contributed by atoms with Gasteiger partial charge in [-0.3, -0.25) is 9.69 Å². The number of rotatable bonds is 5. The first-order valence-electron chi connectivity index (χ1n) is 7.00. The van der Waals surface area contributed by atoms with E-state index in [1.165, 1.54) is 12.8 Å². The minimum Gasteiger partial charge on any atom is -0.389 e. The highest BCUT2D eigenvalue weighted by Crippen LogP contribution is 2.18. The van der Waals surface area contributed by atoms with E-state index in [4.69, 9.17) is 18.0 Å². The average molecular weight is 291 g/mol. The SMILES string of the molecule is CCC1CCN(CC(=O)Nc2ccc(C(N)=S)cc2)C1. The van der Waals surface area contributed by atoms with Crippen LogP contribution in [0.4, 0.5) is 5.69 Å². The summed E-state index contributed by atoms with van der Waals surface area (Å²) in [5, 5.41) is 2.90. The Morgan fingerprint density at radius 3 is 2.70 bits per heavy atom. The van der Waals surface area contributed by atoms with Crippen molar-refractivity contribution in [2.24, 2.45) is 11.7 Å². The maximum atomic E-state index is 12.0. The minimum absolute atomic E-state index is 0.0322. The Kier molecular flexibility index (Phi) is 5.09. The van der Waals surface area contributed by atoms with Gasteiger partial charge in [0.15, 0.2) is 0 Å². The molecule has 1 aliphatic rings. The van der Waals surface area contributed by atoms with Crippen LogP contribution in [0.3, 0.4) is 0 Å². The van der Waals surface area contributed by atoms with Crippen molar-refractivity contribution in [1.82, 2.24) is 4.90 Å². The van der Waals surface area contributed by atoms with Gasteiger partial charge >= 0.3 is 0 Å². The summed E-state index contributed by atoms with van der Waals surface area (Å²) in [4.78, 5) is 14.6. The van der Waals surface area contributed by atoms with Gasteiger partial charge in [-0.1, -0.05) is 25.6 Å². The molecule has 1 unspecified atom stereocenters. The Morgan fingerprint density at radius 1 is 1.45 bits per heavy atom. The van der Waals surface area contributed by atoms with Gasteiger partial charge in [0, 0.05) is 17.8 Å². The predicted molar refractivity (Wildman–Crippen MR) is 85.8 cm³/mol. The maximum Gasteiger partial charge on any atom is 0.238 e. The van der Waals surface area contributed by atoms with Crippen molar-refractivity contribution in [3.63, 3.8) is 0 Å². The molecule has 0 aliphatic carbocycles. The largest absolute Gasteiger partial charge is 0.389 e. The topological polar surface area (TPSA) is 58.4 Å². The number of likely N-dealkylation sites (tertiary alicyclic amines) is 1. The number of nitrogens with zero attached hydrogens (tertiary/aromatic N) is 1. The molecule has 108 valence electrons. The van der Waals surface area contributed by atoms with Crippen molar-refractivity contribution in [3.05, 3.63) is 29.8 Å². The van der Waals surface area contributed by atoms with E-state index in [9.17, 15) is 4.79 Å². The van der Waals surface area contributed by atoms with Gasteiger partial charge in [-0.25, -0.2) is 0 Å². The predicted octanol–water partition coefficient (Wildman–Crippen LogP) is 1.99. The zero-order chi connectivity index (χ0) is 14.5. The highest BCUT2D eigenvalue weighted by molar-refractivity contribution is 7.80. The van der Waals surface area contributed by atoms with Crippen LogP contribution in [0.1, 0.15) is 25.3 Å². The Bertz CT molecular complexity index is 486. The molecule has 0 bridgehead atoms. The zero-order valence-corrected chi connectivity index (χ0v) is 12.6. The van der Waals surface area contributed by atoms with Crippen LogP contribution in [0.2, 0.25) is 0 Å². The number of carbonyl (C=O) groups excluding carboxylic acids is 1. The lowest BCUT2D eigenvalue weighted by molar-refractivity contribution is -0.117. The third-order valence-corrected chi connectivity index (χ3v) is 4.00. The van der Waals surface area contributed by atoms with Crippen molar-refractivity contribution in [3.8, 4) is 0 Å². The highest BCUT2D eigenvalue weighted by atomic mass is 32.1. The molecule has 0 saturated carbocycles. The molecular formula is C15H21N3OS. The van der Waals surface area contributed by atoms with E-state index in [2.05, 4.69) is 17.1 Å². The van der Waals surface area contributed by atoms with E-state index in [1.807, 2.05) is 24.3 Å². The Balaban J connectivity index is 1.84. The smallest absolute Gasteiger partial charge is 0.238 e. The molecule has 4 nitrogen and oxygen atoms in total. The lowest BCUT2D eigenvalue weighted by Crippen LogP contribution is -2.31. The Labute approximate surface area is 125 Å². The molecule has 1 amide bonds. The Hall–Kier alpha value is -1.46. The molecule has 2 rings (SSSR count). The summed E-state index contributed by atoms with van der Waals surface area (Å²) in [6.07, 6.45) is 2.39. The van der Waals surface area contributed by atoms with Crippen molar-refractivity contribution in [1.29, 1.82) is 0 Å². The number of carbonyl (C=O) groups is 1. The molecule has 1 aromatic carbocycles. The molecule has 3 N–H and O–H groups in total. The summed E-state index contributed by atoms with van der Waals surface area (Å²) >= 11 is 4.89. The second-order valence-corrected chi connectivity index (χ2v) is 5.73. The third-order valence-electron chi connectivity index (χ3n) is 3.77. The van der Waals surface area contributed by atoms with E-state index < -0.39 is 0 Å². The van der Waals surface area contributed by atoms with Crippen LogP contribution < -0.4 is 11.1 Å². The van der Waals surface area contributed by atoms with Crippen molar-refractivity contribution in [2.75, 3.05) is 25.0 Å². The van der Waals surface area contributed by atoms with Gasteiger partial charge in [0.05, 0.1) is 6.54 Å². The summed E-state index contributed by atoms with van der Waals surface area (Å²) in [7, 11) is 0. The molecule has 1 saturated heterocycles. The average Bonchev–Trinajstić information content (AvgIpc) is 2.86. The molecule has 5 heteroatoms. The molecule has 1 aliphatic heterocycles. The van der Waals surface area contributed by atoms with Crippen LogP contribution >= 0.6 is 12.2 Å². The fourth-order valence-electron chi connectivity index (χ4n) is 2.51. The summed E-state index contributed by atoms with van der Waals surface area (Å²) in [5.74, 6) is 0.775. The minimum atomic E-state index is 0.0322. The van der Waals surface area contributed by atoms with Crippen molar-refractivity contribution >= 4 is 28.8 Å². The first kappa shape index (κ1) is 14.9. The second kappa shape index (κ2) is 6.81. The number of thiocarbonyl (C=S) groups is 1. The molecule has 0 radical (unpaired) electrons. The van der Waals surface area contributed by atoms with Crippen molar-refractivity contribution < 1.29 is 4.79 Å². The zero-order valence-electron chi connectivity index (χ0n) is 11.8. The molecule has 0 spiro atoms. The number of amides is 1. The first-order chi connectivity index (χ1) is 9.58. The monoisotopic (exact) mass is 291 g/mol. The van der Waals surface area contributed by atoms with Crippen LogP contribution in [0.15, 0.2) is 24.3 Å². The van der Waals surface area contributed by atoms with Crippen LogP contribution in [-0.2, 0) is 4.79 Å². The molecule has 1 atom stereocenters. The fraction of sp³-hybridized carbons (Fsp3) is 0.467. The third kappa shape index (κ3) is 4.02. The second-order valence-electron chi connectivity index (χ2n) is 5.29. The van der Waals surface area contributed by atoms with Crippen LogP contribution in [-0.4, -0.2) is 35.4 Å². The normalized spacial score (nSPS) is 18.9. The van der Waals surface area contributed by atoms with E-state index in [0.29, 0.717) is 11.5 Å². The van der Waals surface area contributed by atoms with E-state index >= 15 is 0 Å². The summed E-state index contributed by atoms with van der Waals surface area (Å²) < 4.78 is 0. The lowest BCUT2D eigenvalue weighted by atomic mass is 10.1. The van der Waals surface area contributed by atoms with Crippen LogP contribution in [0.5, 0.6) is 0 Å². The molecule has 20 heavy (non-hydrogen) atoms. The standard InChI is InChI=1S/C15H21N3OS/c1-2-11-7-8-18(9-11)10-14(19)17-13-5-3-12(4-6-13)15(16)20/h3-6,11H,2,7-10H2,1H3,(H2,16,20)(H,17,19). The molecule has 1 heterocycles. The maximum absolute atomic E-state index is 12.0. The number of nitrogens with one attached hydrogen (secondary N) is 1. The van der Waals surface area contributed by atoms with Crippen LogP contribution in [0.25, 0.3) is 0 Å². The van der Waals surface area contributed by atoms with Gasteiger partial charge in [0.1, 0.15) is 4.99 Å². The lowest BCUT2D eigenvalue weighted by Gasteiger charge is -2.15. The van der Waals surface area contributed by atoms with Crippen molar-refractivity contribution in [2.45, 2.75) is 19.8 Å². The van der Waals surface area contributed by atoms with Gasteiger partial charge in [-0.05, 0) is 43.1 Å².